The average Bonchev–Trinajstić information content (AvgIpc) is 3.09. The number of carboxylic acid groups (broad SMARTS) is 1. The van der Waals surface area contributed by atoms with Crippen molar-refractivity contribution in [1.82, 2.24) is 0 Å². The molecule has 2 heterocycles. The lowest BCUT2D eigenvalue weighted by Gasteiger charge is -2.49. The summed E-state index contributed by atoms with van der Waals surface area (Å²) in [6, 6.07) is 0. The molecule has 118 valence electrons. The topological polar surface area (TPSA) is 46.5 Å². The Hall–Kier alpha value is -0.220. The number of rotatable bonds is 2. The van der Waals surface area contributed by atoms with Crippen molar-refractivity contribution in [2.24, 2.45) is 23.2 Å². The molecule has 0 aromatic heterocycles. The first kappa shape index (κ1) is 14.4. The summed E-state index contributed by atoms with van der Waals surface area (Å²) in [6.07, 6.45) is 8.75. The highest BCUT2D eigenvalue weighted by molar-refractivity contribution is 7.99. The highest BCUT2D eigenvalue weighted by atomic mass is 32.2. The minimum Gasteiger partial charge on any atom is -0.481 e. The van der Waals surface area contributed by atoms with E-state index in [1.807, 2.05) is 11.8 Å². The molecule has 2 bridgehead atoms. The van der Waals surface area contributed by atoms with Crippen molar-refractivity contribution < 1.29 is 14.6 Å². The van der Waals surface area contributed by atoms with E-state index in [9.17, 15) is 9.90 Å². The van der Waals surface area contributed by atoms with Crippen molar-refractivity contribution >= 4 is 17.7 Å². The van der Waals surface area contributed by atoms with Crippen LogP contribution in [-0.2, 0) is 9.53 Å². The number of thioether (sulfide) groups is 1. The summed E-state index contributed by atoms with van der Waals surface area (Å²) in [5.74, 6) is 3.34. The molecule has 4 heteroatoms. The van der Waals surface area contributed by atoms with E-state index >= 15 is 0 Å². The second kappa shape index (κ2) is 5.16. The lowest BCUT2D eigenvalue weighted by Crippen LogP contribution is -2.51. The monoisotopic (exact) mass is 310 g/mol. The highest BCUT2D eigenvalue weighted by Gasteiger charge is 2.61. The van der Waals surface area contributed by atoms with Gasteiger partial charge in [0, 0.05) is 6.61 Å². The van der Waals surface area contributed by atoms with Gasteiger partial charge in [0.2, 0.25) is 0 Å². The van der Waals surface area contributed by atoms with Crippen LogP contribution in [0.4, 0.5) is 0 Å². The van der Waals surface area contributed by atoms with Gasteiger partial charge in [-0.2, -0.15) is 11.8 Å². The maximum atomic E-state index is 12.2. The predicted molar refractivity (Wildman–Crippen MR) is 83.5 cm³/mol. The van der Waals surface area contributed by atoms with Crippen LogP contribution < -0.4 is 0 Å². The number of hydrogen-bond acceptors (Lipinski definition) is 3. The van der Waals surface area contributed by atoms with E-state index in [-0.39, 0.29) is 5.60 Å². The number of hydrogen-bond donors (Lipinski definition) is 1. The van der Waals surface area contributed by atoms with Gasteiger partial charge in [0.05, 0.1) is 11.0 Å². The molecule has 0 radical (unpaired) electrons. The number of fused-ring (bicyclic) bond motifs is 2. The van der Waals surface area contributed by atoms with Crippen LogP contribution in [0.3, 0.4) is 0 Å². The van der Waals surface area contributed by atoms with Gasteiger partial charge in [0.15, 0.2) is 0 Å². The van der Waals surface area contributed by atoms with Gasteiger partial charge in [0.25, 0.3) is 0 Å². The molecule has 1 spiro atoms. The van der Waals surface area contributed by atoms with Crippen molar-refractivity contribution in [3.63, 3.8) is 0 Å². The lowest BCUT2D eigenvalue weighted by atomic mass is 9.60. The summed E-state index contributed by atoms with van der Waals surface area (Å²) in [7, 11) is 0. The predicted octanol–water partition coefficient (Wildman–Crippen LogP) is 3.57. The Morgan fingerprint density at radius 3 is 2.52 bits per heavy atom. The van der Waals surface area contributed by atoms with Gasteiger partial charge in [-0.25, -0.2) is 0 Å². The van der Waals surface area contributed by atoms with Crippen LogP contribution >= 0.6 is 11.8 Å². The number of ether oxygens (including phenoxy) is 1. The minimum absolute atomic E-state index is 0.0124. The first-order chi connectivity index (χ1) is 10.1. The molecule has 2 saturated carbocycles. The maximum absolute atomic E-state index is 12.2. The van der Waals surface area contributed by atoms with Crippen molar-refractivity contribution in [2.45, 2.75) is 57.0 Å². The smallest absolute Gasteiger partial charge is 0.310 e. The fraction of sp³-hybridized carbons (Fsp3) is 0.941. The zero-order chi connectivity index (χ0) is 14.5. The van der Waals surface area contributed by atoms with Gasteiger partial charge >= 0.3 is 5.97 Å². The summed E-state index contributed by atoms with van der Waals surface area (Å²) in [6.45, 7) is 0.780. The van der Waals surface area contributed by atoms with Crippen molar-refractivity contribution in [2.75, 3.05) is 18.1 Å². The molecule has 2 aliphatic heterocycles. The molecule has 2 aliphatic carbocycles. The van der Waals surface area contributed by atoms with Crippen LogP contribution in [0.5, 0.6) is 0 Å². The van der Waals surface area contributed by atoms with Crippen LogP contribution in [0, 0.1) is 23.2 Å². The Morgan fingerprint density at radius 1 is 1.10 bits per heavy atom. The first-order valence-corrected chi connectivity index (χ1v) is 9.75. The Bertz CT molecular complexity index is 426. The molecule has 4 fully saturated rings. The molecule has 0 amide bonds. The average molecular weight is 310 g/mol. The first-order valence-electron chi connectivity index (χ1n) is 8.60. The standard InChI is InChI=1S/C17H26O3S/c18-15(19)17(10-12-1-2-13(17)9-12)14-3-6-20-16(11-14)4-7-21-8-5-16/h12-14H,1-11H2,(H,18,19). The van der Waals surface area contributed by atoms with Gasteiger partial charge in [-0.15, -0.1) is 0 Å². The van der Waals surface area contributed by atoms with Gasteiger partial charge in [-0.05, 0) is 74.2 Å². The molecule has 2 saturated heterocycles. The summed E-state index contributed by atoms with van der Waals surface area (Å²) in [5.41, 5.74) is -0.400. The summed E-state index contributed by atoms with van der Waals surface area (Å²) < 4.78 is 6.19. The third-order valence-electron chi connectivity index (χ3n) is 6.92. The van der Waals surface area contributed by atoms with Crippen molar-refractivity contribution in [1.29, 1.82) is 0 Å². The minimum atomic E-state index is -0.498. The van der Waals surface area contributed by atoms with E-state index in [1.54, 1.807) is 0 Å². The zero-order valence-corrected chi connectivity index (χ0v) is 13.5. The molecular formula is C17H26O3S. The van der Waals surface area contributed by atoms with Crippen LogP contribution in [0.25, 0.3) is 0 Å². The van der Waals surface area contributed by atoms with E-state index in [1.165, 1.54) is 24.3 Å². The zero-order valence-electron chi connectivity index (χ0n) is 12.7. The number of carbonyl (C=O) groups is 1. The Labute approximate surface area is 131 Å². The van der Waals surface area contributed by atoms with Gasteiger partial charge < -0.3 is 9.84 Å². The molecule has 4 rings (SSSR count). The largest absolute Gasteiger partial charge is 0.481 e. The van der Waals surface area contributed by atoms with Gasteiger partial charge in [-0.1, -0.05) is 6.42 Å². The van der Waals surface area contributed by atoms with Gasteiger partial charge in [-0.3, -0.25) is 4.79 Å². The fourth-order valence-corrected chi connectivity index (χ4v) is 7.11. The summed E-state index contributed by atoms with van der Waals surface area (Å²) >= 11 is 2.02. The molecule has 4 aliphatic rings. The summed E-state index contributed by atoms with van der Waals surface area (Å²) in [5, 5.41) is 10.1. The Morgan fingerprint density at radius 2 is 1.90 bits per heavy atom. The Kier molecular flexibility index (Phi) is 3.53. The SMILES string of the molecule is O=C(O)C1(C2CCOC3(CCSCC3)C2)CC2CCC1C2. The van der Waals surface area contributed by atoms with E-state index in [2.05, 4.69) is 0 Å². The van der Waals surface area contributed by atoms with Crippen LogP contribution in [0.1, 0.15) is 51.4 Å². The van der Waals surface area contributed by atoms with Crippen LogP contribution in [0.15, 0.2) is 0 Å². The van der Waals surface area contributed by atoms with Crippen molar-refractivity contribution in [3.8, 4) is 0 Å². The second-order valence-corrected chi connectivity index (χ2v) is 8.98. The van der Waals surface area contributed by atoms with E-state index < -0.39 is 11.4 Å². The fourth-order valence-electron chi connectivity index (χ4n) is 5.87. The molecule has 3 nitrogen and oxygen atoms in total. The highest BCUT2D eigenvalue weighted by Crippen LogP contribution is 2.62. The molecule has 0 aromatic carbocycles. The molecule has 21 heavy (non-hydrogen) atoms. The third-order valence-corrected chi connectivity index (χ3v) is 7.91. The molecule has 4 atom stereocenters. The molecule has 0 aromatic rings. The third kappa shape index (κ3) is 2.16. The number of aliphatic carboxylic acids is 1. The normalized spacial score (nSPS) is 45.0. The van der Waals surface area contributed by atoms with E-state index in [0.29, 0.717) is 17.8 Å². The van der Waals surface area contributed by atoms with Crippen molar-refractivity contribution in [3.05, 3.63) is 0 Å². The van der Waals surface area contributed by atoms with Crippen LogP contribution in [0.2, 0.25) is 0 Å². The number of carboxylic acids is 1. The molecule has 4 unspecified atom stereocenters. The second-order valence-electron chi connectivity index (χ2n) is 7.76. The van der Waals surface area contributed by atoms with E-state index in [4.69, 9.17) is 4.74 Å². The molecular weight excluding hydrogens is 284 g/mol. The van der Waals surface area contributed by atoms with Gasteiger partial charge in [0.1, 0.15) is 0 Å². The Balaban J connectivity index is 1.60. The van der Waals surface area contributed by atoms with E-state index in [0.717, 1.165) is 45.1 Å². The molecule has 1 N–H and O–H groups in total. The lowest BCUT2D eigenvalue weighted by molar-refractivity contribution is -0.171. The van der Waals surface area contributed by atoms with Crippen LogP contribution in [-0.4, -0.2) is 34.8 Å². The summed E-state index contributed by atoms with van der Waals surface area (Å²) in [4.78, 5) is 12.2. The maximum Gasteiger partial charge on any atom is 0.310 e. The quantitative estimate of drug-likeness (QED) is 0.847.